The second-order valence-electron chi connectivity index (χ2n) is 7.00. The first-order chi connectivity index (χ1) is 13.2. The highest BCUT2D eigenvalue weighted by Gasteiger charge is 2.13. The third-order valence-electron chi connectivity index (χ3n) is 5.03. The fourth-order valence-corrected chi connectivity index (χ4v) is 3.34. The summed E-state index contributed by atoms with van der Waals surface area (Å²) in [5, 5.41) is 0. The largest absolute Gasteiger partial charge is 0.444 e. The van der Waals surface area contributed by atoms with E-state index in [2.05, 4.69) is 64.1 Å². The van der Waals surface area contributed by atoms with E-state index in [9.17, 15) is 0 Å². The molecule has 1 fully saturated rings. The van der Waals surface area contributed by atoms with E-state index in [4.69, 9.17) is 4.42 Å². The van der Waals surface area contributed by atoms with Crippen LogP contribution >= 0.6 is 0 Å². The molecule has 0 amide bonds. The van der Waals surface area contributed by atoms with Gasteiger partial charge in [0.05, 0.1) is 11.9 Å². The molecule has 0 atom stereocenters. The Hall–Kier alpha value is -2.92. The van der Waals surface area contributed by atoms with Crippen molar-refractivity contribution >= 4 is 17.6 Å². The quantitative estimate of drug-likeness (QED) is 0.656. The van der Waals surface area contributed by atoms with Crippen LogP contribution in [0.2, 0.25) is 0 Å². The minimum atomic E-state index is 0.780. The number of likely N-dealkylation sites (N-methyl/N-ethyl adjacent to an activating group) is 1. The van der Waals surface area contributed by atoms with E-state index < -0.39 is 0 Å². The van der Waals surface area contributed by atoms with E-state index in [1.165, 1.54) is 12.1 Å². The molecule has 0 aliphatic carbocycles. The lowest BCUT2D eigenvalue weighted by Crippen LogP contribution is -2.44. The number of benzene rings is 2. The molecule has 27 heavy (non-hydrogen) atoms. The Labute approximate surface area is 160 Å². The van der Waals surface area contributed by atoms with Crippen molar-refractivity contribution in [3.05, 3.63) is 66.2 Å². The maximum absolute atomic E-state index is 5.38. The Morgan fingerprint density at radius 3 is 2.48 bits per heavy atom. The Balaban J connectivity index is 1.44. The van der Waals surface area contributed by atoms with Gasteiger partial charge in [-0.3, -0.25) is 4.99 Å². The third-order valence-corrected chi connectivity index (χ3v) is 5.03. The zero-order chi connectivity index (χ0) is 18.6. The molecule has 2 aromatic carbocycles. The highest BCUT2D eigenvalue weighted by Crippen LogP contribution is 2.26. The zero-order valence-electron chi connectivity index (χ0n) is 15.8. The number of aliphatic imine (C=N–C) groups is 1. The van der Waals surface area contributed by atoms with Crippen LogP contribution in [0.1, 0.15) is 11.1 Å². The van der Waals surface area contributed by atoms with E-state index in [-0.39, 0.29) is 0 Å². The Kier molecular flexibility index (Phi) is 5.03. The van der Waals surface area contributed by atoms with Gasteiger partial charge in [-0.1, -0.05) is 12.1 Å². The number of piperazine rings is 1. The van der Waals surface area contributed by atoms with E-state index in [0.29, 0.717) is 0 Å². The number of rotatable bonds is 4. The van der Waals surface area contributed by atoms with Crippen LogP contribution in [0.15, 0.2) is 64.5 Å². The first kappa shape index (κ1) is 17.5. The summed E-state index contributed by atoms with van der Waals surface area (Å²) in [6, 6.07) is 14.7. The topological polar surface area (TPSA) is 44.9 Å². The van der Waals surface area contributed by atoms with Gasteiger partial charge < -0.3 is 14.2 Å². The molecular formula is C22H24N4O. The summed E-state index contributed by atoms with van der Waals surface area (Å²) in [5.41, 5.74) is 5.48. The zero-order valence-corrected chi connectivity index (χ0v) is 15.8. The van der Waals surface area contributed by atoms with E-state index in [1.54, 1.807) is 6.20 Å². The Morgan fingerprint density at radius 1 is 1.04 bits per heavy atom. The molecule has 0 bridgehead atoms. The van der Waals surface area contributed by atoms with Crippen molar-refractivity contribution in [3.8, 4) is 11.3 Å². The number of hydrogen-bond acceptors (Lipinski definition) is 5. The molecule has 1 aliphatic heterocycles. The van der Waals surface area contributed by atoms with Crippen molar-refractivity contribution in [1.82, 2.24) is 9.88 Å². The summed E-state index contributed by atoms with van der Waals surface area (Å²) in [6.45, 7) is 6.46. The molecule has 0 unspecified atom stereocenters. The van der Waals surface area contributed by atoms with Crippen molar-refractivity contribution in [2.75, 3.05) is 38.1 Å². The predicted octanol–water partition coefficient (Wildman–Crippen LogP) is 4.15. The van der Waals surface area contributed by atoms with E-state index in [1.807, 2.05) is 18.3 Å². The minimum Gasteiger partial charge on any atom is -0.444 e. The van der Waals surface area contributed by atoms with Crippen LogP contribution in [0.25, 0.3) is 11.3 Å². The van der Waals surface area contributed by atoms with Crippen LogP contribution in [-0.4, -0.2) is 49.3 Å². The number of hydrogen-bond donors (Lipinski definition) is 0. The predicted molar refractivity (Wildman–Crippen MR) is 110 cm³/mol. The van der Waals surface area contributed by atoms with Gasteiger partial charge in [-0.25, -0.2) is 4.98 Å². The molecule has 5 heteroatoms. The van der Waals surface area contributed by atoms with Crippen LogP contribution in [0.4, 0.5) is 11.4 Å². The Bertz CT molecular complexity index is 908. The van der Waals surface area contributed by atoms with Crippen LogP contribution in [0.5, 0.6) is 0 Å². The molecule has 4 rings (SSSR count). The van der Waals surface area contributed by atoms with Gasteiger partial charge >= 0.3 is 0 Å². The normalized spacial score (nSPS) is 15.6. The molecular weight excluding hydrogens is 336 g/mol. The smallest absolute Gasteiger partial charge is 0.181 e. The molecule has 1 saturated heterocycles. The second-order valence-corrected chi connectivity index (χ2v) is 7.00. The summed E-state index contributed by atoms with van der Waals surface area (Å²) < 4.78 is 5.38. The van der Waals surface area contributed by atoms with Gasteiger partial charge in [0, 0.05) is 43.6 Å². The molecule has 0 saturated carbocycles. The van der Waals surface area contributed by atoms with E-state index in [0.717, 1.165) is 54.3 Å². The molecule has 3 aromatic rings. The summed E-state index contributed by atoms with van der Waals surface area (Å²) in [5.74, 6) is 0.780. The van der Waals surface area contributed by atoms with Crippen molar-refractivity contribution < 1.29 is 4.42 Å². The Morgan fingerprint density at radius 2 is 1.81 bits per heavy atom. The van der Waals surface area contributed by atoms with Gasteiger partial charge in [-0.2, -0.15) is 0 Å². The number of anilines is 1. The third kappa shape index (κ3) is 4.09. The highest BCUT2D eigenvalue weighted by atomic mass is 16.3. The molecule has 1 aromatic heterocycles. The number of aromatic nitrogens is 1. The van der Waals surface area contributed by atoms with Gasteiger partial charge in [0.2, 0.25) is 0 Å². The first-order valence-corrected chi connectivity index (χ1v) is 9.26. The SMILES string of the molecule is Cc1cc(N=Cc2ccc(N3CCN(C)CC3)cc2)ccc1-c1cnco1. The summed E-state index contributed by atoms with van der Waals surface area (Å²) in [6.07, 6.45) is 5.09. The molecule has 0 spiro atoms. The number of nitrogens with zero attached hydrogens (tertiary/aromatic N) is 4. The van der Waals surface area contributed by atoms with Gasteiger partial charge in [0.1, 0.15) is 0 Å². The van der Waals surface area contributed by atoms with Crippen molar-refractivity contribution in [3.63, 3.8) is 0 Å². The van der Waals surface area contributed by atoms with Crippen molar-refractivity contribution in [2.45, 2.75) is 6.92 Å². The van der Waals surface area contributed by atoms with E-state index >= 15 is 0 Å². The minimum absolute atomic E-state index is 0.780. The lowest BCUT2D eigenvalue weighted by Gasteiger charge is -2.34. The fraction of sp³-hybridized carbons (Fsp3) is 0.273. The van der Waals surface area contributed by atoms with Crippen LogP contribution < -0.4 is 4.90 Å². The van der Waals surface area contributed by atoms with Crippen LogP contribution in [0, 0.1) is 6.92 Å². The average Bonchev–Trinajstić information content (AvgIpc) is 3.22. The monoisotopic (exact) mass is 360 g/mol. The molecule has 0 radical (unpaired) electrons. The maximum atomic E-state index is 5.38. The average molecular weight is 360 g/mol. The summed E-state index contributed by atoms with van der Waals surface area (Å²) >= 11 is 0. The van der Waals surface area contributed by atoms with Crippen molar-refractivity contribution in [2.24, 2.45) is 4.99 Å². The molecule has 2 heterocycles. The second kappa shape index (κ2) is 7.76. The molecule has 138 valence electrons. The summed E-state index contributed by atoms with van der Waals surface area (Å²) in [7, 11) is 2.18. The molecule has 0 N–H and O–H groups in total. The maximum Gasteiger partial charge on any atom is 0.181 e. The highest BCUT2D eigenvalue weighted by molar-refractivity contribution is 5.83. The number of oxazole rings is 1. The molecule has 1 aliphatic rings. The fourth-order valence-electron chi connectivity index (χ4n) is 3.34. The first-order valence-electron chi connectivity index (χ1n) is 9.26. The number of aryl methyl sites for hydroxylation is 1. The van der Waals surface area contributed by atoms with Gasteiger partial charge in [-0.15, -0.1) is 0 Å². The van der Waals surface area contributed by atoms with Crippen LogP contribution in [-0.2, 0) is 0 Å². The lowest BCUT2D eigenvalue weighted by molar-refractivity contribution is 0.313. The van der Waals surface area contributed by atoms with Gasteiger partial charge in [-0.05, 0) is 55.4 Å². The standard InChI is InChI=1S/C22H24N4O/c1-17-13-19(5-8-21(17)22-15-23-16-27-22)24-14-18-3-6-20(7-4-18)26-11-9-25(2)10-12-26/h3-8,13-16H,9-12H2,1-2H3. The van der Waals surface area contributed by atoms with Crippen molar-refractivity contribution in [1.29, 1.82) is 0 Å². The van der Waals surface area contributed by atoms with Gasteiger partial charge in [0.25, 0.3) is 0 Å². The van der Waals surface area contributed by atoms with Gasteiger partial charge in [0.15, 0.2) is 12.2 Å². The summed E-state index contributed by atoms with van der Waals surface area (Å²) in [4.78, 5) is 13.4. The molecule has 5 nitrogen and oxygen atoms in total. The lowest BCUT2D eigenvalue weighted by atomic mass is 10.1. The van der Waals surface area contributed by atoms with Crippen LogP contribution in [0.3, 0.4) is 0 Å².